The van der Waals surface area contributed by atoms with Crippen LogP contribution in [0.4, 0.5) is 0 Å². The van der Waals surface area contributed by atoms with Gasteiger partial charge in [-0.1, -0.05) is 42.5 Å². The van der Waals surface area contributed by atoms with Gasteiger partial charge in [-0.3, -0.25) is 0 Å². The molecular weight excluding hydrogens is 284 g/mol. The van der Waals surface area contributed by atoms with Gasteiger partial charge in [-0.2, -0.15) is 0 Å². The number of benzene rings is 2. The van der Waals surface area contributed by atoms with E-state index < -0.39 is 15.4 Å². The smallest absolute Gasteiger partial charge is 0.181 e. The molecule has 0 heterocycles. The van der Waals surface area contributed by atoms with Crippen LogP contribution in [0.1, 0.15) is 12.8 Å². The van der Waals surface area contributed by atoms with Crippen LogP contribution in [-0.4, -0.2) is 26.9 Å². The summed E-state index contributed by atoms with van der Waals surface area (Å²) in [4.78, 5) is 0.366. The molecule has 0 spiro atoms. The molecule has 0 aliphatic heterocycles. The van der Waals surface area contributed by atoms with Gasteiger partial charge in [-0.25, -0.2) is 8.42 Å². The lowest BCUT2D eigenvalue weighted by Gasteiger charge is -2.13. The van der Waals surface area contributed by atoms with Gasteiger partial charge in [-0.15, -0.1) is 0 Å². The average molecular weight is 302 g/mol. The number of methoxy groups -OCH3 is 1. The van der Waals surface area contributed by atoms with Crippen molar-refractivity contribution in [2.45, 2.75) is 23.3 Å². The highest BCUT2D eigenvalue weighted by Crippen LogP contribution is 2.41. The van der Waals surface area contributed by atoms with Gasteiger partial charge in [0, 0.05) is 7.11 Å². The first-order valence-electron chi connectivity index (χ1n) is 6.98. The quantitative estimate of drug-likeness (QED) is 0.851. The Morgan fingerprint density at radius 2 is 1.52 bits per heavy atom. The fourth-order valence-corrected chi connectivity index (χ4v) is 4.28. The Hall–Kier alpha value is -1.65. The lowest BCUT2D eigenvalue weighted by molar-refractivity contribution is 0.0993. The summed E-state index contributed by atoms with van der Waals surface area (Å²) < 4.78 is 30.1. The van der Waals surface area contributed by atoms with Crippen molar-refractivity contribution >= 4 is 9.84 Å². The van der Waals surface area contributed by atoms with Crippen LogP contribution < -0.4 is 0 Å². The van der Waals surface area contributed by atoms with E-state index in [-0.39, 0.29) is 5.75 Å². The zero-order chi connectivity index (χ0) is 14.9. The first-order chi connectivity index (χ1) is 10.0. The third kappa shape index (κ3) is 3.01. The molecule has 1 saturated carbocycles. The Morgan fingerprint density at radius 1 is 0.952 bits per heavy atom. The summed E-state index contributed by atoms with van der Waals surface area (Å²) in [5.74, 6) is 0.0706. The Morgan fingerprint density at radius 3 is 2.05 bits per heavy atom. The maximum atomic E-state index is 12.4. The standard InChI is InChI=1S/C17H18O3S/c1-20-17(11-12-17)13-21(18,19)16-9-7-15(8-10-16)14-5-3-2-4-6-14/h2-10H,11-13H2,1H3. The zero-order valence-electron chi connectivity index (χ0n) is 12.0. The largest absolute Gasteiger partial charge is 0.377 e. The fourth-order valence-electron chi connectivity index (χ4n) is 2.46. The number of ether oxygens (including phenoxy) is 1. The van der Waals surface area contributed by atoms with Crippen LogP contribution in [0, 0.1) is 0 Å². The summed E-state index contributed by atoms with van der Waals surface area (Å²) in [5.41, 5.74) is 1.65. The number of sulfone groups is 1. The van der Waals surface area contributed by atoms with Crippen molar-refractivity contribution in [3.05, 3.63) is 54.6 Å². The van der Waals surface area contributed by atoms with Gasteiger partial charge in [0.05, 0.1) is 16.2 Å². The van der Waals surface area contributed by atoms with Gasteiger partial charge in [-0.05, 0) is 36.1 Å². The summed E-state index contributed by atoms with van der Waals surface area (Å²) in [7, 11) is -1.71. The maximum absolute atomic E-state index is 12.4. The molecule has 0 saturated heterocycles. The van der Waals surface area contributed by atoms with Crippen molar-refractivity contribution in [2.75, 3.05) is 12.9 Å². The fraction of sp³-hybridized carbons (Fsp3) is 0.294. The van der Waals surface area contributed by atoms with Crippen LogP contribution in [0.5, 0.6) is 0 Å². The molecule has 1 fully saturated rings. The molecule has 110 valence electrons. The van der Waals surface area contributed by atoms with Gasteiger partial charge in [0.1, 0.15) is 0 Å². The minimum Gasteiger partial charge on any atom is -0.377 e. The van der Waals surface area contributed by atoms with Gasteiger partial charge < -0.3 is 4.74 Å². The molecule has 21 heavy (non-hydrogen) atoms. The molecule has 1 aliphatic carbocycles. The first-order valence-corrected chi connectivity index (χ1v) is 8.63. The minimum atomic E-state index is -3.29. The van der Waals surface area contributed by atoms with Gasteiger partial charge in [0.2, 0.25) is 0 Å². The molecule has 2 aromatic rings. The first kappa shape index (κ1) is 14.3. The molecule has 0 unspecified atom stereocenters. The van der Waals surface area contributed by atoms with E-state index in [1.54, 1.807) is 19.2 Å². The highest BCUT2D eigenvalue weighted by Gasteiger charge is 2.46. The Kier molecular flexibility index (Phi) is 3.59. The average Bonchev–Trinajstić information content (AvgIpc) is 3.28. The van der Waals surface area contributed by atoms with E-state index in [1.165, 1.54) is 0 Å². The van der Waals surface area contributed by atoms with Crippen molar-refractivity contribution in [1.82, 2.24) is 0 Å². The van der Waals surface area contributed by atoms with Gasteiger partial charge in [0.15, 0.2) is 9.84 Å². The Labute approximate surface area is 125 Å². The predicted octanol–water partition coefficient (Wildman–Crippen LogP) is 3.31. The SMILES string of the molecule is COC1(CS(=O)(=O)c2ccc(-c3ccccc3)cc2)CC1. The van der Waals surface area contributed by atoms with Gasteiger partial charge >= 0.3 is 0 Å². The summed E-state index contributed by atoms with van der Waals surface area (Å²) in [6.07, 6.45) is 1.65. The normalized spacial score (nSPS) is 16.6. The highest BCUT2D eigenvalue weighted by atomic mass is 32.2. The molecule has 3 nitrogen and oxygen atoms in total. The van der Waals surface area contributed by atoms with Crippen LogP contribution in [0.2, 0.25) is 0 Å². The maximum Gasteiger partial charge on any atom is 0.181 e. The molecule has 0 N–H and O–H groups in total. The minimum absolute atomic E-state index is 0.0706. The molecule has 0 amide bonds. The molecule has 3 rings (SSSR count). The monoisotopic (exact) mass is 302 g/mol. The zero-order valence-corrected chi connectivity index (χ0v) is 12.8. The van der Waals surface area contributed by atoms with E-state index in [0.29, 0.717) is 4.90 Å². The summed E-state index contributed by atoms with van der Waals surface area (Å²) in [6.45, 7) is 0. The molecule has 1 aliphatic rings. The van der Waals surface area contributed by atoms with Crippen molar-refractivity contribution in [3.8, 4) is 11.1 Å². The van der Waals surface area contributed by atoms with E-state index in [1.807, 2.05) is 42.5 Å². The van der Waals surface area contributed by atoms with Crippen LogP contribution in [0.25, 0.3) is 11.1 Å². The van der Waals surface area contributed by atoms with E-state index in [0.717, 1.165) is 24.0 Å². The lowest BCUT2D eigenvalue weighted by atomic mass is 10.1. The van der Waals surface area contributed by atoms with E-state index in [9.17, 15) is 8.42 Å². The third-order valence-electron chi connectivity index (χ3n) is 4.01. The second kappa shape index (κ2) is 5.28. The second-order valence-corrected chi connectivity index (χ2v) is 7.53. The highest BCUT2D eigenvalue weighted by molar-refractivity contribution is 7.91. The Balaban J connectivity index is 1.84. The predicted molar refractivity (Wildman–Crippen MR) is 82.9 cm³/mol. The number of hydrogen-bond donors (Lipinski definition) is 0. The molecule has 2 aromatic carbocycles. The van der Waals surface area contributed by atoms with E-state index >= 15 is 0 Å². The molecule has 0 radical (unpaired) electrons. The summed E-state index contributed by atoms with van der Waals surface area (Å²) >= 11 is 0. The van der Waals surface area contributed by atoms with Crippen LogP contribution in [0.15, 0.2) is 59.5 Å². The van der Waals surface area contributed by atoms with Crippen molar-refractivity contribution < 1.29 is 13.2 Å². The third-order valence-corrected chi connectivity index (χ3v) is 5.91. The van der Waals surface area contributed by atoms with Gasteiger partial charge in [0.25, 0.3) is 0 Å². The van der Waals surface area contributed by atoms with Crippen molar-refractivity contribution in [1.29, 1.82) is 0 Å². The van der Waals surface area contributed by atoms with E-state index in [2.05, 4.69) is 0 Å². The van der Waals surface area contributed by atoms with Crippen molar-refractivity contribution in [3.63, 3.8) is 0 Å². The molecule has 4 heteroatoms. The Bertz CT molecular complexity index is 714. The molecule has 0 atom stereocenters. The molecule has 0 bridgehead atoms. The topological polar surface area (TPSA) is 43.4 Å². The summed E-state index contributed by atoms with van der Waals surface area (Å²) in [5, 5.41) is 0. The molecule has 0 aromatic heterocycles. The lowest BCUT2D eigenvalue weighted by Crippen LogP contribution is -2.24. The van der Waals surface area contributed by atoms with Crippen molar-refractivity contribution in [2.24, 2.45) is 0 Å². The number of hydrogen-bond acceptors (Lipinski definition) is 3. The van der Waals surface area contributed by atoms with Crippen LogP contribution in [0.3, 0.4) is 0 Å². The van der Waals surface area contributed by atoms with E-state index in [4.69, 9.17) is 4.74 Å². The van der Waals surface area contributed by atoms with Crippen LogP contribution >= 0.6 is 0 Å². The molecular formula is C17H18O3S. The number of rotatable bonds is 5. The second-order valence-electron chi connectivity index (χ2n) is 5.54. The summed E-state index contributed by atoms with van der Waals surface area (Å²) in [6, 6.07) is 17.0. The van der Waals surface area contributed by atoms with Crippen LogP contribution in [-0.2, 0) is 14.6 Å².